The fourth-order valence-electron chi connectivity index (χ4n) is 2.29. The van der Waals surface area contributed by atoms with E-state index in [0.29, 0.717) is 31.8 Å². The second-order valence-corrected chi connectivity index (χ2v) is 5.70. The summed E-state index contributed by atoms with van der Waals surface area (Å²) in [4.78, 5) is 22.7. The largest absolute Gasteiger partial charge is 0.493 e. The highest BCUT2D eigenvalue weighted by Gasteiger charge is 2.13. The second-order valence-electron chi connectivity index (χ2n) is 5.70. The summed E-state index contributed by atoms with van der Waals surface area (Å²) >= 11 is 0. The summed E-state index contributed by atoms with van der Waals surface area (Å²) in [5.74, 6) is 0.218. The van der Waals surface area contributed by atoms with Gasteiger partial charge in [-0.3, -0.25) is 4.79 Å². The normalized spacial score (nSPS) is 10.2. The zero-order chi connectivity index (χ0) is 18.6. The number of ether oxygens (including phenoxy) is 3. The van der Waals surface area contributed by atoms with Gasteiger partial charge in [0.25, 0.3) is 0 Å². The Morgan fingerprint density at radius 3 is 2.35 bits per heavy atom. The minimum atomic E-state index is -0.753. The Morgan fingerprint density at radius 1 is 0.885 bits per heavy atom. The number of rotatable bonds is 11. The Bertz CT molecular complexity index is 697. The van der Waals surface area contributed by atoms with Crippen molar-refractivity contribution < 1.29 is 23.8 Å². The summed E-state index contributed by atoms with van der Waals surface area (Å²) in [6.45, 7) is 2.87. The molecule has 5 heteroatoms. The molecule has 0 spiro atoms. The standard InChI is InChI=1S/C21H24O5/c1-2-24-21(23)20(22)13-6-7-14-25-18-11-8-12-19(15-18)26-16-17-9-4-3-5-10-17/h3-5,8-12,15H,2,6-7,13-14,16H2,1H3. The van der Waals surface area contributed by atoms with Crippen molar-refractivity contribution in [1.82, 2.24) is 0 Å². The summed E-state index contributed by atoms with van der Waals surface area (Å²) in [7, 11) is 0. The lowest BCUT2D eigenvalue weighted by Gasteiger charge is -2.09. The minimum absolute atomic E-state index is 0.183. The minimum Gasteiger partial charge on any atom is -0.493 e. The lowest BCUT2D eigenvalue weighted by atomic mass is 10.2. The van der Waals surface area contributed by atoms with Gasteiger partial charge >= 0.3 is 5.97 Å². The first kappa shape index (κ1) is 19.5. The van der Waals surface area contributed by atoms with E-state index in [1.54, 1.807) is 6.92 Å². The average Bonchev–Trinajstić information content (AvgIpc) is 2.67. The van der Waals surface area contributed by atoms with Crippen molar-refractivity contribution in [2.45, 2.75) is 32.8 Å². The Balaban J connectivity index is 1.68. The molecule has 2 rings (SSSR count). The maximum Gasteiger partial charge on any atom is 0.374 e. The number of carbonyl (C=O) groups is 2. The third-order valence-electron chi connectivity index (χ3n) is 3.62. The molecule has 0 aliphatic heterocycles. The van der Waals surface area contributed by atoms with Gasteiger partial charge in [-0.1, -0.05) is 36.4 Å². The second kappa shape index (κ2) is 10.9. The van der Waals surface area contributed by atoms with Crippen LogP contribution < -0.4 is 9.47 Å². The van der Waals surface area contributed by atoms with Gasteiger partial charge in [-0.25, -0.2) is 4.79 Å². The molecule has 0 radical (unpaired) electrons. The lowest BCUT2D eigenvalue weighted by molar-refractivity contribution is -0.153. The average molecular weight is 356 g/mol. The van der Waals surface area contributed by atoms with E-state index in [1.807, 2.05) is 54.6 Å². The molecule has 0 aliphatic carbocycles. The van der Waals surface area contributed by atoms with Crippen molar-refractivity contribution in [3.05, 3.63) is 60.2 Å². The Morgan fingerprint density at radius 2 is 1.62 bits per heavy atom. The van der Waals surface area contributed by atoms with Crippen molar-refractivity contribution >= 4 is 11.8 Å². The first-order valence-electron chi connectivity index (χ1n) is 8.78. The van der Waals surface area contributed by atoms with E-state index in [1.165, 1.54) is 0 Å². The molecule has 0 heterocycles. The summed E-state index contributed by atoms with van der Waals surface area (Å²) in [5.41, 5.74) is 1.10. The number of carbonyl (C=O) groups excluding carboxylic acids is 2. The van der Waals surface area contributed by atoms with Crippen molar-refractivity contribution in [3.8, 4) is 11.5 Å². The van der Waals surface area contributed by atoms with Crippen LogP contribution in [0.1, 0.15) is 31.7 Å². The van der Waals surface area contributed by atoms with E-state index in [4.69, 9.17) is 9.47 Å². The fraction of sp³-hybridized carbons (Fsp3) is 0.333. The van der Waals surface area contributed by atoms with Crippen molar-refractivity contribution in [3.63, 3.8) is 0 Å². The summed E-state index contributed by atoms with van der Waals surface area (Å²) in [5, 5.41) is 0. The van der Waals surface area contributed by atoms with Gasteiger partial charge in [0.05, 0.1) is 13.2 Å². The highest BCUT2D eigenvalue weighted by molar-refractivity contribution is 6.33. The van der Waals surface area contributed by atoms with E-state index in [9.17, 15) is 9.59 Å². The molecule has 2 aromatic carbocycles. The first-order valence-corrected chi connectivity index (χ1v) is 8.78. The van der Waals surface area contributed by atoms with Crippen LogP contribution in [-0.4, -0.2) is 25.0 Å². The van der Waals surface area contributed by atoms with Gasteiger partial charge in [-0.15, -0.1) is 0 Å². The van der Waals surface area contributed by atoms with Gasteiger partial charge in [-0.2, -0.15) is 0 Å². The van der Waals surface area contributed by atoms with Gasteiger partial charge < -0.3 is 14.2 Å². The molecular weight excluding hydrogens is 332 g/mol. The number of unbranched alkanes of at least 4 members (excludes halogenated alkanes) is 1. The van der Waals surface area contributed by atoms with Crippen molar-refractivity contribution in [2.75, 3.05) is 13.2 Å². The van der Waals surface area contributed by atoms with E-state index in [0.717, 1.165) is 11.3 Å². The molecule has 0 unspecified atom stereocenters. The van der Waals surface area contributed by atoms with Crippen LogP contribution >= 0.6 is 0 Å². The number of hydrogen-bond donors (Lipinski definition) is 0. The zero-order valence-corrected chi connectivity index (χ0v) is 15.0. The molecule has 2 aromatic rings. The summed E-state index contributed by atoms with van der Waals surface area (Å²) in [6.07, 6.45) is 1.45. The molecule has 0 saturated carbocycles. The van der Waals surface area contributed by atoms with Gasteiger partial charge in [0.15, 0.2) is 0 Å². The van der Waals surface area contributed by atoms with E-state index < -0.39 is 11.8 Å². The van der Waals surface area contributed by atoms with Gasteiger partial charge in [0.2, 0.25) is 5.78 Å². The maximum atomic E-state index is 11.5. The lowest BCUT2D eigenvalue weighted by Crippen LogP contribution is -2.17. The van der Waals surface area contributed by atoms with Crippen molar-refractivity contribution in [1.29, 1.82) is 0 Å². The highest BCUT2D eigenvalue weighted by Crippen LogP contribution is 2.20. The number of Topliss-reactive ketones (excluding diaryl/α,β-unsaturated/α-hetero) is 1. The Kier molecular flexibility index (Phi) is 8.19. The Hall–Kier alpha value is -2.82. The molecule has 0 aromatic heterocycles. The molecule has 5 nitrogen and oxygen atoms in total. The topological polar surface area (TPSA) is 61.8 Å². The molecule has 138 valence electrons. The van der Waals surface area contributed by atoms with E-state index in [-0.39, 0.29) is 13.0 Å². The van der Waals surface area contributed by atoms with Gasteiger partial charge in [0.1, 0.15) is 18.1 Å². The maximum absolute atomic E-state index is 11.5. The summed E-state index contributed by atoms with van der Waals surface area (Å²) < 4.78 is 16.1. The van der Waals surface area contributed by atoms with Crippen molar-refractivity contribution in [2.24, 2.45) is 0 Å². The predicted octanol–water partition coefficient (Wildman–Crippen LogP) is 3.95. The third kappa shape index (κ3) is 6.97. The van der Waals surface area contributed by atoms with Crippen LogP contribution in [0, 0.1) is 0 Å². The van der Waals surface area contributed by atoms with Crippen LogP contribution in [-0.2, 0) is 20.9 Å². The molecular formula is C21H24O5. The predicted molar refractivity (Wildman–Crippen MR) is 98.2 cm³/mol. The number of ketones is 1. The molecule has 0 N–H and O–H groups in total. The van der Waals surface area contributed by atoms with Crippen LogP contribution in [0.15, 0.2) is 54.6 Å². The van der Waals surface area contributed by atoms with Crippen LogP contribution in [0.4, 0.5) is 0 Å². The molecule has 0 amide bonds. The quantitative estimate of drug-likeness (QED) is 0.347. The first-order chi connectivity index (χ1) is 12.7. The van der Waals surface area contributed by atoms with Gasteiger partial charge in [0, 0.05) is 12.5 Å². The van der Waals surface area contributed by atoms with Crippen LogP contribution in [0.3, 0.4) is 0 Å². The van der Waals surface area contributed by atoms with Crippen LogP contribution in [0.5, 0.6) is 11.5 Å². The SMILES string of the molecule is CCOC(=O)C(=O)CCCCOc1cccc(OCc2ccccc2)c1. The monoisotopic (exact) mass is 356 g/mol. The van der Waals surface area contributed by atoms with Crippen LogP contribution in [0.2, 0.25) is 0 Å². The van der Waals surface area contributed by atoms with Gasteiger partial charge in [-0.05, 0) is 37.5 Å². The molecule has 0 saturated heterocycles. The zero-order valence-electron chi connectivity index (χ0n) is 15.0. The molecule has 0 aliphatic rings. The van der Waals surface area contributed by atoms with E-state index >= 15 is 0 Å². The molecule has 0 atom stereocenters. The fourth-order valence-corrected chi connectivity index (χ4v) is 2.29. The smallest absolute Gasteiger partial charge is 0.374 e. The number of benzene rings is 2. The van der Waals surface area contributed by atoms with Crippen LogP contribution in [0.25, 0.3) is 0 Å². The third-order valence-corrected chi connectivity index (χ3v) is 3.62. The molecule has 26 heavy (non-hydrogen) atoms. The highest BCUT2D eigenvalue weighted by atomic mass is 16.5. The molecule has 0 bridgehead atoms. The number of esters is 1. The number of hydrogen-bond acceptors (Lipinski definition) is 5. The Labute approximate surface area is 153 Å². The summed E-state index contributed by atoms with van der Waals surface area (Å²) in [6, 6.07) is 17.4. The van der Waals surface area contributed by atoms with E-state index in [2.05, 4.69) is 4.74 Å². The molecule has 0 fully saturated rings.